The van der Waals surface area contributed by atoms with Crippen LogP contribution in [0.25, 0.3) is 10.3 Å². The van der Waals surface area contributed by atoms with Crippen LogP contribution in [-0.4, -0.2) is 46.2 Å². The van der Waals surface area contributed by atoms with Crippen molar-refractivity contribution in [2.45, 2.75) is 45.8 Å². The second-order valence-electron chi connectivity index (χ2n) is 7.33. The minimum Gasteiger partial charge on any atom is -0.489 e. The highest BCUT2D eigenvalue weighted by Gasteiger charge is 2.26. The van der Waals surface area contributed by atoms with Gasteiger partial charge in [0.05, 0.1) is 22.5 Å². The first-order valence-electron chi connectivity index (χ1n) is 9.69. The van der Waals surface area contributed by atoms with Gasteiger partial charge in [0.15, 0.2) is 5.65 Å². The third-order valence-corrected chi connectivity index (χ3v) is 6.11. The van der Waals surface area contributed by atoms with Gasteiger partial charge in [0.1, 0.15) is 11.9 Å². The minimum atomic E-state index is 0.146. The topological polar surface area (TPSA) is 60.4 Å². The fourth-order valence-electron chi connectivity index (χ4n) is 3.75. The molecule has 6 nitrogen and oxygen atoms in total. The van der Waals surface area contributed by atoms with Crippen molar-refractivity contribution in [1.29, 1.82) is 0 Å². The lowest BCUT2D eigenvalue weighted by molar-refractivity contribution is 0.0645. The van der Waals surface area contributed by atoms with E-state index in [0.717, 1.165) is 58.4 Å². The van der Waals surface area contributed by atoms with Gasteiger partial charge >= 0.3 is 0 Å². The first-order valence-corrected chi connectivity index (χ1v) is 10.5. The molecule has 1 aliphatic heterocycles. The zero-order chi connectivity index (χ0) is 19.7. The molecule has 0 saturated carbocycles. The van der Waals surface area contributed by atoms with Gasteiger partial charge in [-0.15, -0.1) is 11.3 Å². The lowest BCUT2D eigenvalue weighted by atomic mass is 10.0. The summed E-state index contributed by atoms with van der Waals surface area (Å²) in [7, 11) is 1.63. The van der Waals surface area contributed by atoms with Crippen molar-refractivity contribution in [3.63, 3.8) is 0 Å². The van der Waals surface area contributed by atoms with E-state index in [4.69, 9.17) is 14.5 Å². The largest absolute Gasteiger partial charge is 0.489 e. The zero-order valence-corrected chi connectivity index (χ0v) is 17.6. The van der Waals surface area contributed by atoms with Crippen LogP contribution in [0.15, 0.2) is 24.3 Å². The van der Waals surface area contributed by atoms with Crippen LogP contribution >= 0.6 is 11.3 Å². The van der Waals surface area contributed by atoms with E-state index in [-0.39, 0.29) is 12.1 Å². The molecule has 0 aliphatic carbocycles. The molecule has 28 heavy (non-hydrogen) atoms. The second-order valence-corrected chi connectivity index (χ2v) is 8.57. The Hall–Kier alpha value is -2.25. The summed E-state index contributed by atoms with van der Waals surface area (Å²) in [6, 6.07) is 8.32. The van der Waals surface area contributed by atoms with Gasteiger partial charge in [-0.25, -0.2) is 15.0 Å². The third-order valence-electron chi connectivity index (χ3n) is 5.18. The molecule has 7 heteroatoms. The Balaban J connectivity index is 1.47. The number of rotatable bonds is 5. The van der Waals surface area contributed by atoms with Crippen molar-refractivity contribution < 1.29 is 9.47 Å². The van der Waals surface area contributed by atoms with Crippen LogP contribution in [0.2, 0.25) is 0 Å². The lowest BCUT2D eigenvalue weighted by Gasteiger charge is -2.36. The monoisotopic (exact) mass is 398 g/mol. The van der Waals surface area contributed by atoms with Crippen LogP contribution < -0.4 is 9.47 Å². The molecule has 1 fully saturated rings. The maximum Gasteiger partial charge on any atom is 0.216 e. The van der Waals surface area contributed by atoms with E-state index in [1.54, 1.807) is 18.4 Å². The summed E-state index contributed by atoms with van der Waals surface area (Å²) in [5, 5.41) is 1.06. The Bertz CT molecular complexity index is 974. The van der Waals surface area contributed by atoms with Crippen LogP contribution in [0, 0.1) is 13.8 Å². The van der Waals surface area contributed by atoms with E-state index in [9.17, 15) is 0 Å². The van der Waals surface area contributed by atoms with E-state index in [1.165, 1.54) is 0 Å². The van der Waals surface area contributed by atoms with Gasteiger partial charge in [0, 0.05) is 30.4 Å². The van der Waals surface area contributed by atoms with Crippen molar-refractivity contribution in [2.75, 3.05) is 20.2 Å². The molecule has 1 saturated heterocycles. The summed E-state index contributed by atoms with van der Waals surface area (Å²) < 4.78 is 12.7. The van der Waals surface area contributed by atoms with E-state index in [2.05, 4.69) is 33.9 Å². The van der Waals surface area contributed by atoms with Crippen molar-refractivity contribution >= 4 is 21.7 Å². The normalized spacial score (nSPS) is 18.9. The number of hydrogen-bond acceptors (Lipinski definition) is 7. The number of aromatic nitrogens is 3. The maximum absolute atomic E-state index is 6.28. The molecule has 148 valence electrons. The first-order chi connectivity index (χ1) is 13.5. The van der Waals surface area contributed by atoms with Crippen molar-refractivity contribution in [1.82, 2.24) is 19.9 Å². The van der Waals surface area contributed by atoms with E-state index in [1.807, 2.05) is 26.0 Å². The highest BCUT2D eigenvalue weighted by Crippen LogP contribution is 2.28. The molecule has 2 atom stereocenters. The first kappa shape index (κ1) is 19.1. The fraction of sp³-hybridized carbons (Fsp3) is 0.476. The van der Waals surface area contributed by atoms with Crippen LogP contribution in [-0.2, 0) is 0 Å². The summed E-state index contributed by atoms with van der Waals surface area (Å²) in [6.07, 6.45) is 2.30. The molecule has 3 aromatic heterocycles. The molecule has 3 aromatic rings. The van der Waals surface area contributed by atoms with Crippen LogP contribution in [0.4, 0.5) is 0 Å². The molecule has 2 unspecified atom stereocenters. The number of thiazole rings is 1. The molecule has 0 spiro atoms. The average molecular weight is 399 g/mol. The molecule has 1 aliphatic rings. The molecular formula is C21H26N4O2S. The Labute approximate surface area is 169 Å². The molecule has 0 bridgehead atoms. The predicted octanol–water partition coefficient (Wildman–Crippen LogP) is 4.32. The quantitative estimate of drug-likeness (QED) is 0.638. The Morgan fingerprint density at radius 3 is 2.86 bits per heavy atom. The maximum atomic E-state index is 6.28. The highest BCUT2D eigenvalue weighted by molar-refractivity contribution is 7.18. The van der Waals surface area contributed by atoms with Gasteiger partial charge < -0.3 is 9.47 Å². The lowest BCUT2D eigenvalue weighted by Crippen LogP contribution is -2.42. The molecule has 4 rings (SSSR count). The van der Waals surface area contributed by atoms with Gasteiger partial charge in [-0.05, 0) is 52.3 Å². The number of hydrogen-bond donors (Lipinski definition) is 0. The standard InChI is InChI=1S/C21H26N4O2S/c1-13-10-17(11-20(22-13)26-4)27-16-6-5-9-25(12-16)14(2)18-7-8-19-21(24-18)23-15(3)28-19/h7-8,10-11,14,16H,5-6,9,12H2,1-4H3. The summed E-state index contributed by atoms with van der Waals surface area (Å²) in [5.74, 6) is 1.41. The number of nitrogens with zero attached hydrogens (tertiary/aromatic N) is 4. The minimum absolute atomic E-state index is 0.146. The van der Waals surface area contributed by atoms with Gasteiger partial charge in [0.25, 0.3) is 0 Å². The molecule has 0 N–H and O–H groups in total. The highest BCUT2D eigenvalue weighted by atomic mass is 32.1. The second kappa shape index (κ2) is 8.01. The van der Waals surface area contributed by atoms with Gasteiger partial charge in [0.2, 0.25) is 5.88 Å². The smallest absolute Gasteiger partial charge is 0.216 e. The number of piperidine rings is 1. The number of fused-ring (bicyclic) bond motifs is 1. The van der Waals surface area contributed by atoms with Gasteiger partial charge in [-0.1, -0.05) is 0 Å². The van der Waals surface area contributed by atoms with Gasteiger partial charge in [-0.3, -0.25) is 4.90 Å². The summed E-state index contributed by atoms with van der Waals surface area (Å²) in [6.45, 7) is 8.12. The number of methoxy groups -OCH3 is 1. The van der Waals surface area contributed by atoms with E-state index < -0.39 is 0 Å². The molecule has 0 radical (unpaired) electrons. The fourth-order valence-corrected chi connectivity index (χ4v) is 4.52. The summed E-state index contributed by atoms with van der Waals surface area (Å²) in [5.41, 5.74) is 2.82. The number of likely N-dealkylation sites (tertiary alicyclic amines) is 1. The van der Waals surface area contributed by atoms with Gasteiger partial charge in [-0.2, -0.15) is 0 Å². The summed E-state index contributed by atoms with van der Waals surface area (Å²) >= 11 is 1.69. The number of pyridine rings is 2. The SMILES string of the molecule is COc1cc(OC2CCCN(C(C)c3ccc4sc(C)nc4n3)C2)cc(C)n1. The molecule has 0 aromatic carbocycles. The number of aryl methyl sites for hydroxylation is 2. The zero-order valence-electron chi connectivity index (χ0n) is 16.8. The Morgan fingerprint density at radius 1 is 1.18 bits per heavy atom. The third kappa shape index (κ3) is 4.10. The Kier molecular flexibility index (Phi) is 5.46. The van der Waals surface area contributed by atoms with Crippen molar-refractivity contribution in [3.05, 3.63) is 40.7 Å². The van der Waals surface area contributed by atoms with Crippen LogP contribution in [0.5, 0.6) is 11.6 Å². The van der Waals surface area contributed by atoms with Crippen molar-refractivity contribution in [2.24, 2.45) is 0 Å². The van der Waals surface area contributed by atoms with Crippen LogP contribution in [0.1, 0.15) is 42.2 Å². The predicted molar refractivity (Wildman–Crippen MR) is 111 cm³/mol. The Morgan fingerprint density at radius 2 is 2.04 bits per heavy atom. The van der Waals surface area contributed by atoms with Crippen LogP contribution in [0.3, 0.4) is 0 Å². The molecular weight excluding hydrogens is 372 g/mol. The van der Waals surface area contributed by atoms with E-state index in [0.29, 0.717) is 5.88 Å². The van der Waals surface area contributed by atoms with Crippen molar-refractivity contribution in [3.8, 4) is 11.6 Å². The average Bonchev–Trinajstić information content (AvgIpc) is 3.06. The van der Waals surface area contributed by atoms with E-state index >= 15 is 0 Å². The molecule has 0 amide bonds. The number of ether oxygens (including phenoxy) is 2. The summed E-state index contributed by atoms with van der Waals surface area (Å²) in [4.78, 5) is 16.1. The molecule has 4 heterocycles.